The lowest BCUT2D eigenvalue weighted by Gasteiger charge is -2.18. The van der Waals surface area contributed by atoms with E-state index < -0.39 is 11.7 Å². The molecule has 1 saturated carbocycles. The van der Waals surface area contributed by atoms with Crippen molar-refractivity contribution in [3.63, 3.8) is 0 Å². The van der Waals surface area contributed by atoms with E-state index in [4.69, 9.17) is 5.73 Å². The molecule has 0 amide bonds. The number of nitrogens with two attached hydrogens (primary N) is 1. The molecule has 110 valence electrons. The molecule has 1 aliphatic rings. The van der Waals surface area contributed by atoms with Gasteiger partial charge in [0, 0.05) is 18.0 Å². The number of rotatable bonds is 4. The Kier molecular flexibility index (Phi) is 4.48. The van der Waals surface area contributed by atoms with Gasteiger partial charge in [0.2, 0.25) is 0 Å². The van der Waals surface area contributed by atoms with Crippen LogP contribution in [-0.4, -0.2) is 11.8 Å². The molecular weight excluding hydrogens is 267 g/mol. The molecule has 0 heterocycles. The van der Waals surface area contributed by atoms with E-state index in [0.717, 1.165) is 37.8 Å². The van der Waals surface area contributed by atoms with Crippen molar-refractivity contribution in [2.45, 2.75) is 44.3 Å². The number of hydrogen-bond donors (Lipinski definition) is 1. The maximum atomic E-state index is 12.4. The summed E-state index contributed by atoms with van der Waals surface area (Å²) in [6.07, 6.45) is 0.209. The summed E-state index contributed by atoms with van der Waals surface area (Å²) in [7, 11) is 0. The molecule has 0 radical (unpaired) electrons. The van der Waals surface area contributed by atoms with Crippen molar-refractivity contribution >= 4 is 5.78 Å². The van der Waals surface area contributed by atoms with Gasteiger partial charge in [-0.25, -0.2) is 0 Å². The number of Topliss-reactive ketones (excluding diaryl/α,β-unsaturated/α-hetero) is 1. The zero-order valence-corrected chi connectivity index (χ0v) is 11.1. The lowest BCUT2D eigenvalue weighted by molar-refractivity contribution is -0.137. The molecule has 2 rings (SSSR count). The summed E-state index contributed by atoms with van der Waals surface area (Å²) in [5, 5.41) is 0. The number of halogens is 3. The van der Waals surface area contributed by atoms with Crippen molar-refractivity contribution in [2.75, 3.05) is 0 Å². The lowest BCUT2D eigenvalue weighted by atomic mass is 9.92. The summed E-state index contributed by atoms with van der Waals surface area (Å²) in [6.45, 7) is 0. The Hall–Kier alpha value is -1.36. The second-order valence-corrected chi connectivity index (χ2v) is 5.41. The van der Waals surface area contributed by atoms with Crippen molar-refractivity contribution in [2.24, 2.45) is 11.7 Å². The Morgan fingerprint density at radius 2 is 1.75 bits per heavy atom. The van der Waals surface area contributed by atoms with Crippen LogP contribution in [0.5, 0.6) is 0 Å². The van der Waals surface area contributed by atoms with E-state index in [1.165, 1.54) is 12.1 Å². The maximum Gasteiger partial charge on any atom is 0.416 e. The fourth-order valence-electron chi connectivity index (χ4n) is 2.73. The van der Waals surface area contributed by atoms with Crippen molar-refractivity contribution < 1.29 is 18.0 Å². The molecule has 1 unspecified atom stereocenters. The second-order valence-electron chi connectivity index (χ2n) is 5.41. The van der Waals surface area contributed by atoms with Gasteiger partial charge in [0.25, 0.3) is 0 Å². The van der Waals surface area contributed by atoms with Crippen molar-refractivity contribution in [1.29, 1.82) is 0 Å². The number of ketones is 1. The molecule has 1 aromatic carbocycles. The first-order valence-electron chi connectivity index (χ1n) is 6.84. The molecule has 0 spiro atoms. The average molecular weight is 285 g/mol. The van der Waals surface area contributed by atoms with Gasteiger partial charge in [0.05, 0.1) is 5.56 Å². The third-order valence-corrected chi connectivity index (χ3v) is 3.96. The van der Waals surface area contributed by atoms with E-state index in [2.05, 4.69) is 0 Å². The molecule has 0 bridgehead atoms. The van der Waals surface area contributed by atoms with Crippen LogP contribution in [0.15, 0.2) is 24.3 Å². The summed E-state index contributed by atoms with van der Waals surface area (Å²) < 4.78 is 37.3. The predicted molar refractivity (Wildman–Crippen MR) is 70.3 cm³/mol. The number of carbonyl (C=O) groups excluding carboxylic acids is 1. The van der Waals surface area contributed by atoms with E-state index in [1.807, 2.05) is 0 Å². The van der Waals surface area contributed by atoms with Gasteiger partial charge < -0.3 is 5.73 Å². The Bertz CT molecular complexity index is 461. The van der Waals surface area contributed by atoms with E-state index in [-0.39, 0.29) is 18.2 Å². The molecule has 0 saturated heterocycles. The molecule has 2 N–H and O–H groups in total. The highest BCUT2D eigenvalue weighted by Gasteiger charge is 2.30. The van der Waals surface area contributed by atoms with Gasteiger partial charge in [0.15, 0.2) is 5.78 Å². The fourth-order valence-corrected chi connectivity index (χ4v) is 2.73. The topological polar surface area (TPSA) is 43.1 Å². The van der Waals surface area contributed by atoms with E-state index in [1.54, 1.807) is 0 Å². The fraction of sp³-hybridized carbons (Fsp3) is 0.533. The van der Waals surface area contributed by atoms with Gasteiger partial charge >= 0.3 is 6.18 Å². The Morgan fingerprint density at radius 3 is 2.25 bits per heavy atom. The molecule has 20 heavy (non-hydrogen) atoms. The normalized spacial score (nSPS) is 18.2. The van der Waals surface area contributed by atoms with Crippen LogP contribution in [0.3, 0.4) is 0 Å². The van der Waals surface area contributed by atoms with Gasteiger partial charge in [0.1, 0.15) is 0 Å². The minimum atomic E-state index is -4.37. The van der Waals surface area contributed by atoms with Crippen LogP contribution in [0.2, 0.25) is 0 Å². The second kappa shape index (κ2) is 5.95. The summed E-state index contributed by atoms with van der Waals surface area (Å²) >= 11 is 0. The van der Waals surface area contributed by atoms with Gasteiger partial charge in [-0.05, 0) is 30.9 Å². The van der Waals surface area contributed by atoms with Crippen LogP contribution in [0.1, 0.15) is 48.0 Å². The third-order valence-electron chi connectivity index (χ3n) is 3.96. The van der Waals surface area contributed by atoms with Gasteiger partial charge in [-0.2, -0.15) is 13.2 Å². The third kappa shape index (κ3) is 3.60. The molecule has 1 aromatic rings. The van der Waals surface area contributed by atoms with E-state index in [9.17, 15) is 18.0 Å². The zero-order chi connectivity index (χ0) is 14.8. The first-order chi connectivity index (χ1) is 9.38. The van der Waals surface area contributed by atoms with Gasteiger partial charge in [-0.3, -0.25) is 4.79 Å². The first kappa shape index (κ1) is 15.0. The molecule has 0 aromatic heterocycles. The van der Waals surface area contributed by atoms with Crippen LogP contribution in [0.25, 0.3) is 0 Å². The van der Waals surface area contributed by atoms with Crippen molar-refractivity contribution in [3.8, 4) is 0 Å². The highest BCUT2D eigenvalue weighted by atomic mass is 19.4. The number of benzene rings is 1. The lowest BCUT2D eigenvalue weighted by Crippen LogP contribution is -2.31. The van der Waals surface area contributed by atoms with Crippen LogP contribution < -0.4 is 5.73 Å². The number of carbonyl (C=O) groups is 1. The van der Waals surface area contributed by atoms with Gasteiger partial charge in [-0.1, -0.05) is 25.0 Å². The monoisotopic (exact) mass is 285 g/mol. The van der Waals surface area contributed by atoms with Crippen LogP contribution >= 0.6 is 0 Å². The SMILES string of the molecule is NC(CC(=O)c1ccc(C(F)(F)F)cc1)C1CCCC1. The van der Waals surface area contributed by atoms with E-state index in [0.29, 0.717) is 11.5 Å². The zero-order valence-electron chi connectivity index (χ0n) is 11.1. The highest BCUT2D eigenvalue weighted by Crippen LogP contribution is 2.30. The average Bonchev–Trinajstić information content (AvgIpc) is 2.91. The van der Waals surface area contributed by atoms with Crippen LogP contribution in [0.4, 0.5) is 13.2 Å². The number of hydrogen-bond acceptors (Lipinski definition) is 2. The molecule has 2 nitrogen and oxygen atoms in total. The standard InChI is InChI=1S/C15H18F3NO/c16-15(17,18)12-7-5-11(6-8-12)14(20)9-13(19)10-3-1-2-4-10/h5-8,10,13H,1-4,9,19H2. The minimum absolute atomic E-state index is 0.182. The Balaban J connectivity index is 1.98. The van der Waals surface area contributed by atoms with E-state index >= 15 is 0 Å². The molecule has 5 heteroatoms. The maximum absolute atomic E-state index is 12.4. The summed E-state index contributed by atoms with van der Waals surface area (Å²) in [5.41, 5.74) is 5.57. The molecule has 1 atom stereocenters. The molecular formula is C15H18F3NO. The smallest absolute Gasteiger partial charge is 0.327 e. The summed E-state index contributed by atoms with van der Waals surface area (Å²) in [5.74, 6) is 0.187. The largest absolute Gasteiger partial charge is 0.416 e. The molecule has 1 fully saturated rings. The summed E-state index contributed by atoms with van der Waals surface area (Å²) in [6, 6.07) is 4.15. The quantitative estimate of drug-likeness (QED) is 0.855. The van der Waals surface area contributed by atoms with Crippen LogP contribution in [-0.2, 0) is 6.18 Å². The van der Waals surface area contributed by atoms with Crippen molar-refractivity contribution in [3.05, 3.63) is 35.4 Å². The Labute approximate surface area is 116 Å². The van der Waals surface area contributed by atoms with Crippen molar-refractivity contribution in [1.82, 2.24) is 0 Å². The summed E-state index contributed by atoms with van der Waals surface area (Å²) in [4.78, 5) is 12.0. The minimum Gasteiger partial charge on any atom is -0.327 e. The first-order valence-corrected chi connectivity index (χ1v) is 6.84. The predicted octanol–water partition coefficient (Wildman–Crippen LogP) is 3.80. The molecule has 1 aliphatic carbocycles. The Morgan fingerprint density at radius 1 is 1.20 bits per heavy atom. The molecule has 0 aliphatic heterocycles. The number of alkyl halides is 3. The highest BCUT2D eigenvalue weighted by molar-refractivity contribution is 5.96. The van der Waals surface area contributed by atoms with Gasteiger partial charge in [-0.15, -0.1) is 0 Å². The van der Waals surface area contributed by atoms with Crippen LogP contribution in [0, 0.1) is 5.92 Å².